The van der Waals surface area contributed by atoms with Crippen molar-refractivity contribution in [3.63, 3.8) is 0 Å². The van der Waals surface area contributed by atoms with E-state index >= 15 is 0 Å². The maximum atomic E-state index is 13.2. The number of para-hydroxylation sites is 1. The summed E-state index contributed by atoms with van der Waals surface area (Å²) in [6, 6.07) is 13.5. The first-order valence-corrected chi connectivity index (χ1v) is 11.2. The highest BCUT2D eigenvalue weighted by atomic mass is 32.2. The second-order valence-corrected chi connectivity index (χ2v) is 7.94. The quantitative estimate of drug-likeness (QED) is 0.372. The predicted molar refractivity (Wildman–Crippen MR) is 131 cm³/mol. The van der Waals surface area contributed by atoms with Crippen LogP contribution in [-0.4, -0.2) is 50.0 Å². The number of nitrogens with zero attached hydrogens (tertiary/aromatic N) is 2. The van der Waals surface area contributed by atoms with Gasteiger partial charge in [0.15, 0.2) is 16.7 Å². The smallest absolute Gasteiger partial charge is 0.266 e. The minimum Gasteiger partial charge on any atom is -0.493 e. The van der Waals surface area contributed by atoms with Gasteiger partial charge in [0.2, 0.25) is 0 Å². The third kappa shape index (κ3) is 5.60. The van der Waals surface area contributed by atoms with Crippen molar-refractivity contribution in [3.8, 4) is 11.5 Å². The number of amidine groups is 1. The van der Waals surface area contributed by atoms with Crippen LogP contribution in [0.5, 0.6) is 11.5 Å². The Balaban J connectivity index is 2.00. The fourth-order valence-corrected chi connectivity index (χ4v) is 4.33. The van der Waals surface area contributed by atoms with Gasteiger partial charge in [-0.05, 0) is 61.0 Å². The highest BCUT2D eigenvalue weighted by molar-refractivity contribution is 8.18. The number of carbonyl (C=O) groups is 1. The van der Waals surface area contributed by atoms with E-state index in [9.17, 15) is 4.79 Å². The topological polar surface area (TPSA) is 60.4 Å². The SMILES string of the molecule is C=CCc1cc(C=C2SC(=Nc3ccccc3)N(CCOC)C2=O)cc(OCC)c1OC. The molecule has 1 amide bonds. The molecule has 0 spiro atoms. The van der Waals surface area contributed by atoms with Crippen molar-refractivity contribution in [2.75, 3.05) is 34.0 Å². The molecule has 1 heterocycles. The molecule has 0 atom stereocenters. The lowest BCUT2D eigenvalue weighted by Gasteiger charge is -2.15. The Bertz CT molecular complexity index is 1020. The van der Waals surface area contributed by atoms with Crippen LogP contribution >= 0.6 is 11.8 Å². The molecule has 0 aromatic heterocycles. The van der Waals surface area contributed by atoms with Crippen LogP contribution < -0.4 is 9.47 Å². The number of hydrogen-bond donors (Lipinski definition) is 0. The number of ether oxygens (including phenoxy) is 3. The Hall–Kier alpha value is -3.03. The number of rotatable bonds is 10. The predicted octanol–water partition coefficient (Wildman–Crippen LogP) is 5.07. The lowest BCUT2D eigenvalue weighted by atomic mass is 10.0. The van der Waals surface area contributed by atoms with E-state index in [0.29, 0.717) is 47.8 Å². The van der Waals surface area contributed by atoms with Gasteiger partial charge in [-0.3, -0.25) is 9.69 Å². The third-order valence-corrected chi connectivity index (χ3v) is 5.71. The molecule has 0 bridgehead atoms. The van der Waals surface area contributed by atoms with Crippen LogP contribution in [0.25, 0.3) is 6.08 Å². The number of amides is 1. The number of allylic oxidation sites excluding steroid dienone is 1. The van der Waals surface area contributed by atoms with Crippen molar-refractivity contribution < 1.29 is 19.0 Å². The molecule has 1 aliphatic heterocycles. The lowest BCUT2D eigenvalue weighted by molar-refractivity contribution is -0.122. The minimum atomic E-state index is -0.0965. The highest BCUT2D eigenvalue weighted by Gasteiger charge is 2.33. The molecule has 1 aliphatic rings. The summed E-state index contributed by atoms with van der Waals surface area (Å²) in [5, 5.41) is 0.634. The van der Waals surface area contributed by atoms with E-state index in [2.05, 4.69) is 11.6 Å². The first kappa shape index (κ1) is 23.6. The molecule has 6 nitrogen and oxygen atoms in total. The average molecular weight is 453 g/mol. The van der Waals surface area contributed by atoms with E-state index in [1.54, 1.807) is 19.1 Å². The zero-order valence-electron chi connectivity index (χ0n) is 18.7. The molecular weight excluding hydrogens is 424 g/mol. The van der Waals surface area contributed by atoms with Gasteiger partial charge in [0.1, 0.15) is 0 Å². The van der Waals surface area contributed by atoms with Gasteiger partial charge in [0.25, 0.3) is 5.91 Å². The summed E-state index contributed by atoms with van der Waals surface area (Å²) < 4.78 is 16.6. The van der Waals surface area contributed by atoms with E-state index in [1.165, 1.54) is 11.8 Å². The standard InChI is InChI=1S/C25H28N2O4S/c1-5-10-19-15-18(16-21(31-6-2)23(19)30-4)17-22-24(28)27(13-14-29-3)25(32-22)26-20-11-8-7-9-12-20/h5,7-9,11-12,15-17H,1,6,10,13-14H2,2-4H3. The molecular formula is C25H28N2O4S. The maximum absolute atomic E-state index is 13.2. The molecule has 2 aromatic rings. The second kappa shape index (κ2) is 11.5. The molecule has 0 aliphatic carbocycles. The van der Waals surface area contributed by atoms with Crippen molar-refractivity contribution in [2.45, 2.75) is 13.3 Å². The Morgan fingerprint density at radius 3 is 2.62 bits per heavy atom. The molecule has 2 aromatic carbocycles. The van der Waals surface area contributed by atoms with E-state index in [4.69, 9.17) is 14.2 Å². The number of aliphatic imine (C=N–C) groups is 1. The van der Waals surface area contributed by atoms with Gasteiger partial charge in [-0.15, -0.1) is 6.58 Å². The Morgan fingerprint density at radius 2 is 1.97 bits per heavy atom. The Labute approximate surface area is 193 Å². The van der Waals surface area contributed by atoms with Gasteiger partial charge in [0.05, 0.1) is 37.5 Å². The van der Waals surface area contributed by atoms with Crippen LogP contribution in [0.4, 0.5) is 5.69 Å². The Morgan fingerprint density at radius 1 is 1.19 bits per heavy atom. The number of hydrogen-bond acceptors (Lipinski definition) is 6. The van der Waals surface area contributed by atoms with Crippen molar-refractivity contribution in [3.05, 3.63) is 71.2 Å². The summed E-state index contributed by atoms with van der Waals surface area (Å²) in [5.74, 6) is 1.24. The molecule has 1 fully saturated rings. The van der Waals surface area contributed by atoms with Gasteiger partial charge in [-0.25, -0.2) is 4.99 Å². The van der Waals surface area contributed by atoms with Crippen molar-refractivity contribution in [1.29, 1.82) is 0 Å². The molecule has 1 saturated heterocycles. The van der Waals surface area contributed by atoms with Gasteiger partial charge >= 0.3 is 0 Å². The van der Waals surface area contributed by atoms with Gasteiger partial charge in [-0.2, -0.15) is 0 Å². The van der Waals surface area contributed by atoms with Crippen molar-refractivity contribution >= 4 is 34.6 Å². The first-order chi connectivity index (χ1) is 15.6. The monoisotopic (exact) mass is 452 g/mol. The van der Waals surface area contributed by atoms with Gasteiger partial charge < -0.3 is 14.2 Å². The molecule has 0 N–H and O–H groups in total. The molecule has 0 unspecified atom stereocenters. The fraction of sp³-hybridized carbons (Fsp3) is 0.280. The van der Waals surface area contributed by atoms with Crippen LogP contribution in [0.3, 0.4) is 0 Å². The van der Waals surface area contributed by atoms with Crippen molar-refractivity contribution in [2.24, 2.45) is 4.99 Å². The molecule has 0 saturated carbocycles. The van der Waals surface area contributed by atoms with Gasteiger partial charge in [0, 0.05) is 12.7 Å². The number of carbonyl (C=O) groups excluding carboxylic acids is 1. The zero-order valence-corrected chi connectivity index (χ0v) is 19.5. The highest BCUT2D eigenvalue weighted by Crippen LogP contribution is 2.37. The zero-order chi connectivity index (χ0) is 22.9. The van der Waals surface area contributed by atoms with Crippen LogP contribution in [0.2, 0.25) is 0 Å². The molecule has 0 radical (unpaired) electrons. The summed E-state index contributed by atoms with van der Waals surface area (Å²) in [6.07, 6.45) is 4.31. The Kier molecular flexibility index (Phi) is 8.53. The van der Waals surface area contributed by atoms with Crippen LogP contribution in [-0.2, 0) is 16.0 Å². The van der Waals surface area contributed by atoms with Gasteiger partial charge in [-0.1, -0.05) is 24.3 Å². The summed E-state index contributed by atoms with van der Waals surface area (Å²) in [7, 11) is 3.24. The minimum absolute atomic E-state index is 0.0965. The number of methoxy groups -OCH3 is 2. The molecule has 168 valence electrons. The average Bonchev–Trinajstić information content (AvgIpc) is 3.07. The largest absolute Gasteiger partial charge is 0.493 e. The van der Waals surface area contributed by atoms with E-state index in [0.717, 1.165) is 16.8 Å². The second-order valence-electron chi connectivity index (χ2n) is 6.93. The number of thioether (sulfide) groups is 1. The van der Waals surface area contributed by atoms with Crippen LogP contribution in [0, 0.1) is 0 Å². The summed E-state index contributed by atoms with van der Waals surface area (Å²) in [4.78, 5) is 20.1. The molecule has 7 heteroatoms. The van der Waals surface area contributed by atoms with Crippen LogP contribution in [0.15, 0.2) is 65.0 Å². The van der Waals surface area contributed by atoms with E-state index in [1.807, 2.05) is 61.5 Å². The summed E-state index contributed by atoms with van der Waals surface area (Å²) in [5.41, 5.74) is 2.60. The lowest BCUT2D eigenvalue weighted by Crippen LogP contribution is -2.32. The van der Waals surface area contributed by atoms with E-state index in [-0.39, 0.29) is 5.91 Å². The normalized spacial score (nSPS) is 16.1. The summed E-state index contributed by atoms with van der Waals surface area (Å²) >= 11 is 1.36. The maximum Gasteiger partial charge on any atom is 0.266 e. The van der Waals surface area contributed by atoms with Crippen LogP contribution in [0.1, 0.15) is 18.1 Å². The molecule has 3 rings (SSSR count). The first-order valence-electron chi connectivity index (χ1n) is 10.4. The van der Waals surface area contributed by atoms with Crippen molar-refractivity contribution in [1.82, 2.24) is 4.90 Å². The third-order valence-electron chi connectivity index (χ3n) is 4.71. The van der Waals surface area contributed by atoms with E-state index < -0.39 is 0 Å². The molecule has 32 heavy (non-hydrogen) atoms. The number of benzene rings is 2. The summed E-state index contributed by atoms with van der Waals surface area (Å²) in [6.45, 7) is 7.13. The fourth-order valence-electron chi connectivity index (χ4n) is 3.30.